The van der Waals surface area contributed by atoms with Gasteiger partial charge in [-0.3, -0.25) is 15.1 Å². The normalized spacial score (nSPS) is 11.6. The molecule has 1 aromatic rings. The first-order valence-electron chi connectivity index (χ1n) is 5.51. The summed E-state index contributed by atoms with van der Waals surface area (Å²) in [6, 6.07) is 0. The molecule has 0 saturated carbocycles. The predicted molar refractivity (Wildman–Crippen MR) is 66.1 cm³/mol. The fourth-order valence-electron chi connectivity index (χ4n) is 1.37. The first-order chi connectivity index (χ1) is 7.71. The summed E-state index contributed by atoms with van der Waals surface area (Å²) in [4.78, 5) is 4.27. The Balaban J connectivity index is 2.76. The van der Waals surface area contributed by atoms with E-state index in [9.17, 15) is 0 Å². The average Bonchev–Trinajstić information content (AvgIpc) is 2.64. The number of rotatable bonds is 4. The number of guanidine groups is 1. The largest absolute Gasteiger partial charge is 0.322 e. The van der Waals surface area contributed by atoms with Crippen LogP contribution in [0.3, 0.4) is 0 Å². The van der Waals surface area contributed by atoms with Crippen molar-refractivity contribution in [3.63, 3.8) is 0 Å². The summed E-state index contributed by atoms with van der Waals surface area (Å²) in [5, 5.41) is 7.46. The van der Waals surface area contributed by atoms with E-state index in [2.05, 4.69) is 34.7 Å². The van der Waals surface area contributed by atoms with Crippen LogP contribution in [0, 0.1) is 0 Å². The van der Waals surface area contributed by atoms with Crippen molar-refractivity contribution in [2.24, 2.45) is 17.9 Å². The van der Waals surface area contributed by atoms with Crippen LogP contribution >= 0.6 is 0 Å². The van der Waals surface area contributed by atoms with E-state index < -0.39 is 0 Å². The third-order valence-corrected chi connectivity index (χ3v) is 2.12. The molecule has 6 nitrogen and oxygen atoms in total. The van der Waals surface area contributed by atoms with Crippen molar-refractivity contribution in [1.29, 1.82) is 0 Å². The summed E-state index contributed by atoms with van der Waals surface area (Å²) in [5.74, 6) is 5.96. The fourth-order valence-corrected chi connectivity index (χ4v) is 1.37. The quantitative estimate of drug-likeness (QED) is 0.303. The Kier molecular flexibility index (Phi) is 4.78. The van der Waals surface area contributed by atoms with Crippen LogP contribution in [0.1, 0.15) is 26.0 Å². The van der Waals surface area contributed by atoms with Crippen LogP contribution in [0.5, 0.6) is 0 Å². The monoisotopic (exact) mass is 224 g/mol. The van der Waals surface area contributed by atoms with E-state index in [0.29, 0.717) is 5.96 Å². The number of nitrogens with two attached hydrogens (primary N) is 1. The average molecular weight is 224 g/mol. The zero-order chi connectivity index (χ0) is 12.0. The van der Waals surface area contributed by atoms with Crippen molar-refractivity contribution in [2.45, 2.75) is 26.7 Å². The Morgan fingerprint density at radius 1 is 1.56 bits per heavy atom. The van der Waals surface area contributed by atoms with E-state index in [1.54, 1.807) is 4.68 Å². The lowest BCUT2D eigenvalue weighted by Crippen LogP contribution is -2.36. The van der Waals surface area contributed by atoms with Gasteiger partial charge in [0, 0.05) is 19.8 Å². The number of nitrogens with zero attached hydrogens (tertiary/aromatic N) is 3. The summed E-state index contributed by atoms with van der Waals surface area (Å²) < 4.78 is 1.77. The van der Waals surface area contributed by atoms with Crippen molar-refractivity contribution in [3.8, 4) is 0 Å². The molecule has 0 unspecified atom stereocenters. The van der Waals surface area contributed by atoms with Gasteiger partial charge >= 0.3 is 0 Å². The van der Waals surface area contributed by atoms with Gasteiger partial charge in [0.1, 0.15) is 0 Å². The SMILES string of the molecule is CCCN=C(NN)Nc1cn(C)nc1CC. The van der Waals surface area contributed by atoms with E-state index in [1.807, 2.05) is 13.2 Å². The summed E-state index contributed by atoms with van der Waals surface area (Å²) >= 11 is 0. The van der Waals surface area contributed by atoms with Crippen LogP contribution in [0.2, 0.25) is 0 Å². The molecule has 0 bridgehead atoms. The first-order valence-corrected chi connectivity index (χ1v) is 5.51. The molecule has 16 heavy (non-hydrogen) atoms. The van der Waals surface area contributed by atoms with Gasteiger partial charge in [-0.05, 0) is 12.8 Å². The summed E-state index contributed by atoms with van der Waals surface area (Å²) in [6.45, 7) is 4.87. The predicted octanol–water partition coefficient (Wildman–Crippen LogP) is 0.624. The number of hydrogen-bond acceptors (Lipinski definition) is 3. The van der Waals surface area contributed by atoms with Crippen molar-refractivity contribution in [1.82, 2.24) is 15.2 Å². The highest BCUT2D eigenvalue weighted by Gasteiger charge is 2.07. The second-order valence-corrected chi connectivity index (χ2v) is 3.52. The number of hydrazine groups is 1. The number of aromatic nitrogens is 2. The summed E-state index contributed by atoms with van der Waals surface area (Å²) in [6.07, 6.45) is 3.77. The Bertz CT molecular complexity index is 354. The standard InChI is InChI=1S/C10H20N6/c1-4-6-12-10(14-11)13-9-7-16(3)15-8(9)5-2/h7H,4-6,11H2,1-3H3,(H2,12,13,14). The topological polar surface area (TPSA) is 80.3 Å². The molecule has 0 aliphatic carbocycles. The molecule has 0 amide bonds. The van der Waals surface area contributed by atoms with E-state index in [0.717, 1.165) is 30.8 Å². The third-order valence-electron chi connectivity index (χ3n) is 2.12. The molecule has 0 aliphatic heterocycles. The molecule has 0 spiro atoms. The van der Waals surface area contributed by atoms with Crippen molar-refractivity contribution in [3.05, 3.63) is 11.9 Å². The van der Waals surface area contributed by atoms with E-state index in [4.69, 9.17) is 5.84 Å². The highest BCUT2D eigenvalue weighted by molar-refractivity contribution is 5.93. The van der Waals surface area contributed by atoms with Crippen molar-refractivity contribution in [2.75, 3.05) is 11.9 Å². The zero-order valence-corrected chi connectivity index (χ0v) is 10.1. The maximum absolute atomic E-state index is 5.39. The molecule has 1 rings (SSSR count). The van der Waals surface area contributed by atoms with Crippen LogP contribution in [0.4, 0.5) is 5.69 Å². The van der Waals surface area contributed by atoms with Crippen molar-refractivity contribution < 1.29 is 0 Å². The van der Waals surface area contributed by atoms with Gasteiger partial charge in [-0.1, -0.05) is 13.8 Å². The van der Waals surface area contributed by atoms with Gasteiger partial charge in [-0.2, -0.15) is 5.10 Å². The lowest BCUT2D eigenvalue weighted by atomic mass is 10.3. The molecule has 0 radical (unpaired) electrons. The molecule has 1 heterocycles. The van der Waals surface area contributed by atoms with E-state index in [1.165, 1.54) is 0 Å². The van der Waals surface area contributed by atoms with Gasteiger partial charge in [-0.25, -0.2) is 5.84 Å². The lowest BCUT2D eigenvalue weighted by Gasteiger charge is -2.07. The van der Waals surface area contributed by atoms with Gasteiger partial charge < -0.3 is 5.32 Å². The highest BCUT2D eigenvalue weighted by atomic mass is 15.3. The zero-order valence-electron chi connectivity index (χ0n) is 10.1. The maximum Gasteiger partial charge on any atom is 0.210 e. The van der Waals surface area contributed by atoms with Crippen LogP contribution in [0.15, 0.2) is 11.2 Å². The number of anilines is 1. The Morgan fingerprint density at radius 2 is 2.31 bits per heavy atom. The van der Waals surface area contributed by atoms with Gasteiger partial charge in [0.15, 0.2) is 0 Å². The molecular weight excluding hydrogens is 204 g/mol. The van der Waals surface area contributed by atoms with Crippen molar-refractivity contribution >= 4 is 11.6 Å². The molecule has 0 aliphatic rings. The van der Waals surface area contributed by atoms with Crippen LogP contribution in [0.25, 0.3) is 0 Å². The molecule has 0 fully saturated rings. The molecular formula is C10H20N6. The van der Waals surface area contributed by atoms with Gasteiger partial charge in [0.05, 0.1) is 11.4 Å². The molecule has 4 N–H and O–H groups in total. The number of aryl methyl sites for hydroxylation is 2. The number of hydrogen-bond donors (Lipinski definition) is 3. The molecule has 0 aromatic carbocycles. The minimum absolute atomic E-state index is 0.574. The first kappa shape index (κ1) is 12.5. The Hall–Kier alpha value is -1.56. The summed E-state index contributed by atoms with van der Waals surface area (Å²) in [5.41, 5.74) is 4.49. The molecule has 0 saturated heterocycles. The summed E-state index contributed by atoms with van der Waals surface area (Å²) in [7, 11) is 1.89. The Labute approximate surface area is 95.9 Å². The second kappa shape index (κ2) is 6.12. The minimum atomic E-state index is 0.574. The minimum Gasteiger partial charge on any atom is -0.322 e. The van der Waals surface area contributed by atoms with Crippen LogP contribution in [-0.2, 0) is 13.5 Å². The third kappa shape index (κ3) is 3.23. The Morgan fingerprint density at radius 3 is 2.88 bits per heavy atom. The number of nitrogens with one attached hydrogen (secondary N) is 2. The smallest absolute Gasteiger partial charge is 0.210 e. The maximum atomic E-state index is 5.39. The molecule has 90 valence electrons. The molecule has 0 atom stereocenters. The fraction of sp³-hybridized carbons (Fsp3) is 0.600. The van der Waals surface area contributed by atoms with Gasteiger partial charge in [0.25, 0.3) is 0 Å². The van der Waals surface area contributed by atoms with E-state index >= 15 is 0 Å². The number of aliphatic imine (C=N–C) groups is 1. The van der Waals surface area contributed by atoms with Crippen LogP contribution in [-0.4, -0.2) is 22.3 Å². The molecule has 1 aromatic heterocycles. The van der Waals surface area contributed by atoms with E-state index in [-0.39, 0.29) is 0 Å². The van der Waals surface area contributed by atoms with Gasteiger partial charge in [0.2, 0.25) is 5.96 Å². The highest BCUT2D eigenvalue weighted by Crippen LogP contribution is 2.13. The lowest BCUT2D eigenvalue weighted by molar-refractivity contribution is 0.746. The van der Waals surface area contributed by atoms with Crippen LogP contribution < -0.4 is 16.6 Å². The van der Waals surface area contributed by atoms with Gasteiger partial charge in [-0.15, -0.1) is 0 Å². The molecule has 6 heteroatoms. The second-order valence-electron chi connectivity index (χ2n) is 3.52.